The van der Waals surface area contributed by atoms with E-state index in [1.54, 1.807) is 6.08 Å². The molecule has 0 fully saturated rings. The third-order valence-corrected chi connectivity index (χ3v) is 3.16. The third-order valence-electron chi connectivity index (χ3n) is 3.16. The van der Waals surface area contributed by atoms with Crippen LogP contribution in [0.5, 0.6) is 5.75 Å². The van der Waals surface area contributed by atoms with Gasteiger partial charge in [-0.3, -0.25) is 0 Å². The van der Waals surface area contributed by atoms with Crippen LogP contribution in [0.15, 0.2) is 55.1 Å². The zero-order valence-electron chi connectivity index (χ0n) is 12.1. The first-order valence-electron chi connectivity index (χ1n) is 6.81. The molecule has 0 aromatic heterocycles. The van der Waals surface area contributed by atoms with E-state index in [2.05, 4.69) is 18.0 Å². The van der Waals surface area contributed by atoms with Gasteiger partial charge in [0.1, 0.15) is 18.4 Å². The first-order valence-corrected chi connectivity index (χ1v) is 6.81. The van der Waals surface area contributed by atoms with Gasteiger partial charge in [0.2, 0.25) is 0 Å². The van der Waals surface area contributed by atoms with Crippen LogP contribution >= 0.6 is 0 Å². The predicted molar refractivity (Wildman–Crippen MR) is 85.4 cm³/mol. The Hall–Kier alpha value is -2.73. The van der Waals surface area contributed by atoms with E-state index >= 15 is 0 Å². The lowest BCUT2D eigenvalue weighted by atomic mass is 10.1. The van der Waals surface area contributed by atoms with Crippen molar-refractivity contribution in [3.8, 4) is 11.8 Å². The molecule has 106 valence electrons. The summed E-state index contributed by atoms with van der Waals surface area (Å²) in [5, 5.41) is 12.5. The minimum atomic E-state index is 0.506. The second kappa shape index (κ2) is 7.16. The van der Waals surface area contributed by atoms with Gasteiger partial charge in [0.15, 0.2) is 0 Å². The zero-order chi connectivity index (χ0) is 15.1. The summed E-state index contributed by atoms with van der Waals surface area (Å²) in [6.07, 6.45) is 1.72. The lowest BCUT2D eigenvalue weighted by molar-refractivity contribution is 0.363. The van der Waals surface area contributed by atoms with Crippen LogP contribution in [0, 0.1) is 18.3 Å². The van der Waals surface area contributed by atoms with Crippen molar-refractivity contribution in [1.82, 2.24) is 0 Å². The minimum Gasteiger partial charge on any atom is -0.490 e. The molecule has 0 bridgehead atoms. The summed E-state index contributed by atoms with van der Waals surface area (Å²) >= 11 is 0. The van der Waals surface area contributed by atoms with Crippen LogP contribution in [-0.2, 0) is 6.54 Å². The highest BCUT2D eigenvalue weighted by molar-refractivity contribution is 5.60. The molecule has 0 heterocycles. The molecule has 2 aromatic carbocycles. The van der Waals surface area contributed by atoms with E-state index in [4.69, 9.17) is 4.74 Å². The lowest BCUT2D eigenvalue weighted by Gasteiger charge is -2.10. The van der Waals surface area contributed by atoms with Crippen molar-refractivity contribution in [2.75, 3.05) is 11.9 Å². The van der Waals surface area contributed by atoms with Crippen molar-refractivity contribution in [3.63, 3.8) is 0 Å². The van der Waals surface area contributed by atoms with Gasteiger partial charge in [0.05, 0.1) is 11.3 Å². The summed E-state index contributed by atoms with van der Waals surface area (Å²) in [5.74, 6) is 0.826. The van der Waals surface area contributed by atoms with Gasteiger partial charge >= 0.3 is 0 Å². The Bertz CT molecular complexity index is 654. The maximum absolute atomic E-state index is 9.20. The van der Waals surface area contributed by atoms with E-state index in [1.165, 1.54) is 0 Å². The molecule has 2 rings (SSSR count). The lowest BCUT2D eigenvalue weighted by Crippen LogP contribution is -2.02. The van der Waals surface area contributed by atoms with Gasteiger partial charge in [0, 0.05) is 6.54 Å². The van der Waals surface area contributed by atoms with Crippen molar-refractivity contribution < 1.29 is 4.74 Å². The molecule has 0 aliphatic carbocycles. The topological polar surface area (TPSA) is 45.0 Å². The molecule has 21 heavy (non-hydrogen) atoms. The number of anilines is 1. The van der Waals surface area contributed by atoms with E-state index in [-0.39, 0.29) is 0 Å². The largest absolute Gasteiger partial charge is 0.490 e. The van der Waals surface area contributed by atoms with Crippen LogP contribution in [0.4, 0.5) is 5.69 Å². The minimum absolute atomic E-state index is 0.506. The van der Waals surface area contributed by atoms with E-state index < -0.39 is 0 Å². The molecule has 0 aliphatic heterocycles. The van der Waals surface area contributed by atoms with Crippen LogP contribution in [0.2, 0.25) is 0 Å². The molecule has 0 saturated carbocycles. The van der Waals surface area contributed by atoms with E-state index in [9.17, 15) is 5.26 Å². The molecule has 0 unspecified atom stereocenters. The highest BCUT2D eigenvalue weighted by atomic mass is 16.5. The SMILES string of the molecule is C=CCOc1ccc(CNc2cccc(C)c2C#N)cc1. The third kappa shape index (κ3) is 3.87. The highest BCUT2D eigenvalue weighted by Crippen LogP contribution is 2.20. The molecule has 0 atom stereocenters. The van der Waals surface area contributed by atoms with Gasteiger partial charge in [-0.1, -0.05) is 36.9 Å². The van der Waals surface area contributed by atoms with Gasteiger partial charge in [-0.2, -0.15) is 5.26 Å². The number of ether oxygens (including phenoxy) is 1. The quantitative estimate of drug-likeness (QED) is 0.811. The summed E-state index contributed by atoms with van der Waals surface area (Å²) in [4.78, 5) is 0. The number of nitrogens with one attached hydrogen (secondary N) is 1. The van der Waals surface area contributed by atoms with E-state index in [0.717, 1.165) is 22.6 Å². The predicted octanol–water partition coefficient (Wildman–Crippen LogP) is 4.04. The molecule has 1 N–H and O–H groups in total. The molecule has 3 heteroatoms. The fourth-order valence-corrected chi connectivity index (χ4v) is 2.02. The summed E-state index contributed by atoms with van der Waals surface area (Å²) in [5.41, 5.74) is 3.68. The van der Waals surface area contributed by atoms with Gasteiger partial charge in [0.25, 0.3) is 0 Å². The Morgan fingerprint density at radius 2 is 2.00 bits per heavy atom. The van der Waals surface area contributed by atoms with Crippen molar-refractivity contribution in [3.05, 3.63) is 71.8 Å². The Kier molecular flexibility index (Phi) is 5.00. The number of nitriles is 1. The van der Waals surface area contributed by atoms with Gasteiger partial charge in [-0.05, 0) is 36.2 Å². The van der Waals surface area contributed by atoms with Crippen LogP contribution in [0.3, 0.4) is 0 Å². The normalized spacial score (nSPS) is 9.71. The van der Waals surface area contributed by atoms with Crippen molar-refractivity contribution in [2.45, 2.75) is 13.5 Å². The summed E-state index contributed by atoms with van der Waals surface area (Å²) < 4.78 is 5.44. The smallest absolute Gasteiger partial charge is 0.119 e. The summed E-state index contributed by atoms with van der Waals surface area (Å²) in [6.45, 7) is 6.73. The van der Waals surface area contributed by atoms with Gasteiger partial charge < -0.3 is 10.1 Å². The molecule has 0 amide bonds. The molecule has 0 spiro atoms. The summed E-state index contributed by atoms with van der Waals surface area (Å²) in [6, 6.07) is 15.9. The molecule has 2 aromatic rings. The fourth-order valence-electron chi connectivity index (χ4n) is 2.02. The summed E-state index contributed by atoms with van der Waals surface area (Å²) in [7, 11) is 0. The Morgan fingerprint density at radius 3 is 2.67 bits per heavy atom. The maximum atomic E-state index is 9.20. The standard InChI is InChI=1S/C18H18N2O/c1-3-11-21-16-9-7-15(8-10-16)13-20-18-6-4-5-14(2)17(18)12-19/h3-10,20H,1,11,13H2,2H3. The second-order valence-electron chi connectivity index (χ2n) is 4.71. The van der Waals surface area contributed by atoms with Gasteiger partial charge in [-0.15, -0.1) is 0 Å². The Labute approximate surface area is 125 Å². The highest BCUT2D eigenvalue weighted by Gasteiger charge is 2.04. The fraction of sp³-hybridized carbons (Fsp3) is 0.167. The molecule has 0 saturated heterocycles. The number of aryl methyl sites for hydroxylation is 1. The second-order valence-corrected chi connectivity index (χ2v) is 4.71. The number of rotatable bonds is 6. The molecular weight excluding hydrogens is 260 g/mol. The van der Waals surface area contributed by atoms with Crippen molar-refractivity contribution >= 4 is 5.69 Å². The zero-order valence-corrected chi connectivity index (χ0v) is 12.1. The van der Waals surface area contributed by atoms with Crippen LogP contribution < -0.4 is 10.1 Å². The molecule has 0 radical (unpaired) electrons. The average molecular weight is 278 g/mol. The van der Waals surface area contributed by atoms with E-state index in [1.807, 2.05) is 49.4 Å². The van der Waals surface area contributed by atoms with Crippen molar-refractivity contribution in [1.29, 1.82) is 5.26 Å². The maximum Gasteiger partial charge on any atom is 0.119 e. The number of benzene rings is 2. The first kappa shape index (κ1) is 14.7. The van der Waals surface area contributed by atoms with Crippen molar-refractivity contribution in [2.24, 2.45) is 0 Å². The average Bonchev–Trinajstić information content (AvgIpc) is 2.52. The number of hydrogen-bond acceptors (Lipinski definition) is 3. The molecular formula is C18H18N2O. The monoisotopic (exact) mass is 278 g/mol. The van der Waals surface area contributed by atoms with Crippen LogP contribution in [0.25, 0.3) is 0 Å². The molecule has 0 aliphatic rings. The Morgan fingerprint density at radius 1 is 1.24 bits per heavy atom. The molecule has 3 nitrogen and oxygen atoms in total. The number of hydrogen-bond donors (Lipinski definition) is 1. The number of nitrogens with zero attached hydrogens (tertiary/aromatic N) is 1. The Balaban J connectivity index is 2.02. The van der Waals surface area contributed by atoms with Crippen LogP contribution in [-0.4, -0.2) is 6.61 Å². The van der Waals surface area contributed by atoms with Gasteiger partial charge in [-0.25, -0.2) is 0 Å². The first-order chi connectivity index (χ1) is 10.2. The van der Waals surface area contributed by atoms with E-state index in [0.29, 0.717) is 18.7 Å². The van der Waals surface area contributed by atoms with Crippen LogP contribution in [0.1, 0.15) is 16.7 Å².